The standard InChI is InChI=1S/C42H57N3O10/c1-7-20-44(40(48)51-6)37-27-35(43-55-41(3,4)5)33-24-28(14-9-11-21-46)32(17-10-12-22-47)38-34-26-31(53-30-16-13-15-29(25-30)45(49)50)18-19-36(34)54-42(37,39(33)38)52-23-8-2/h8,13,15-16,18-19,24-26,28,32,37-39,46-47H,2,7,9-12,14,17,20-23,27H2,1,3-6H3. The number of non-ortho nitro benzene ring substituents is 1. The highest BCUT2D eigenvalue weighted by atomic mass is 16.7. The van der Waals surface area contributed by atoms with Gasteiger partial charge < -0.3 is 34.0 Å². The lowest BCUT2D eigenvalue weighted by molar-refractivity contribution is -0.384. The third kappa shape index (κ3) is 9.33. The lowest BCUT2D eigenvalue weighted by atomic mass is 9.55. The summed E-state index contributed by atoms with van der Waals surface area (Å²) in [5.41, 5.74) is 1.79. The van der Waals surface area contributed by atoms with Crippen LogP contribution in [0.4, 0.5) is 10.5 Å². The van der Waals surface area contributed by atoms with Gasteiger partial charge in [0.15, 0.2) is 0 Å². The normalized spacial score (nSPS) is 24.8. The summed E-state index contributed by atoms with van der Waals surface area (Å²) in [4.78, 5) is 32.6. The largest absolute Gasteiger partial charge is 0.459 e. The Morgan fingerprint density at radius 3 is 2.49 bits per heavy atom. The number of carbonyl (C=O) groups excluding carboxylic acids is 1. The van der Waals surface area contributed by atoms with Crippen molar-refractivity contribution in [3.05, 3.63) is 82.4 Å². The fourth-order valence-corrected chi connectivity index (χ4v) is 8.43. The van der Waals surface area contributed by atoms with Crippen molar-refractivity contribution in [3.63, 3.8) is 0 Å². The number of hydrogen-bond acceptors (Lipinski definition) is 11. The number of aliphatic hydroxyl groups excluding tert-OH is 2. The van der Waals surface area contributed by atoms with E-state index >= 15 is 0 Å². The van der Waals surface area contributed by atoms with Crippen LogP contribution >= 0.6 is 0 Å². The minimum atomic E-state index is -1.41. The van der Waals surface area contributed by atoms with Gasteiger partial charge in [-0.1, -0.05) is 43.1 Å². The summed E-state index contributed by atoms with van der Waals surface area (Å²) in [5.74, 6) is -0.733. The van der Waals surface area contributed by atoms with Gasteiger partial charge in [0.1, 0.15) is 28.9 Å². The van der Waals surface area contributed by atoms with Gasteiger partial charge >= 0.3 is 6.09 Å². The van der Waals surface area contributed by atoms with E-state index in [0.29, 0.717) is 48.8 Å². The topological polar surface area (TPSA) is 162 Å². The van der Waals surface area contributed by atoms with Crippen LogP contribution in [0, 0.1) is 27.9 Å². The zero-order valence-electron chi connectivity index (χ0n) is 32.8. The number of nitro benzene ring substituents is 1. The number of carbonyl (C=O) groups is 1. The van der Waals surface area contributed by atoms with Crippen LogP contribution in [0.3, 0.4) is 0 Å². The number of nitrogens with zero attached hydrogens (tertiary/aromatic N) is 3. The molecule has 2 aromatic rings. The predicted octanol–water partition coefficient (Wildman–Crippen LogP) is 8.30. The van der Waals surface area contributed by atoms with Crippen molar-refractivity contribution in [2.75, 3.05) is 33.5 Å². The average molecular weight is 764 g/mol. The maximum atomic E-state index is 13.7. The number of fused-ring (bicyclic) bond motifs is 2. The van der Waals surface area contributed by atoms with Gasteiger partial charge in [0.25, 0.3) is 5.69 Å². The van der Waals surface area contributed by atoms with Crippen molar-refractivity contribution in [3.8, 4) is 17.2 Å². The molecule has 1 aliphatic heterocycles. The first-order valence-corrected chi connectivity index (χ1v) is 19.4. The molecule has 13 heteroatoms. The Kier molecular flexibility index (Phi) is 14.0. The van der Waals surface area contributed by atoms with Crippen molar-refractivity contribution < 1.29 is 43.7 Å². The van der Waals surface area contributed by atoms with Crippen molar-refractivity contribution in [2.24, 2.45) is 22.9 Å². The molecule has 1 saturated carbocycles. The van der Waals surface area contributed by atoms with Crippen LogP contribution in [0.2, 0.25) is 0 Å². The molecule has 2 aromatic carbocycles. The van der Waals surface area contributed by atoms with Crippen LogP contribution in [0.1, 0.15) is 90.5 Å². The van der Waals surface area contributed by atoms with E-state index in [1.165, 1.54) is 19.2 Å². The predicted molar refractivity (Wildman–Crippen MR) is 208 cm³/mol. The van der Waals surface area contributed by atoms with Crippen LogP contribution < -0.4 is 9.47 Å². The number of methoxy groups -OCH3 is 1. The van der Waals surface area contributed by atoms with Crippen LogP contribution in [-0.2, 0) is 14.3 Å². The molecule has 2 aliphatic carbocycles. The molecule has 300 valence electrons. The smallest absolute Gasteiger partial charge is 0.409 e. The molecule has 0 aromatic heterocycles. The van der Waals surface area contributed by atoms with Gasteiger partial charge in [-0.3, -0.25) is 15.0 Å². The number of oxime groups is 1. The highest BCUT2D eigenvalue weighted by Gasteiger charge is 2.65. The molecule has 0 saturated heterocycles. The first kappa shape index (κ1) is 41.7. The van der Waals surface area contributed by atoms with Gasteiger partial charge in [0, 0.05) is 43.7 Å². The summed E-state index contributed by atoms with van der Waals surface area (Å²) >= 11 is 0. The SMILES string of the molecule is C=CCOC12Oc3ccc(Oc4cccc([N+](=O)[O-])c4)cc3C3C(CCCCO)C(CCCCO)C=C(C(=NOC(C)(C)C)CC1N(CCC)C(=O)OC)C32. The van der Waals surface area contributed by atoms with Gasteiger partial charge in [0.05, 0.1) is 36.3 Å². The van der Waals surface area contributed by atoms with Crippen LogP contribution in [0.5, 0.6) is 17.2 Å². The second kappa shape index (κ2) is 18.4. The number of hydrogen-bond donors (Lipinski definition) is 2. The molecule has 1 heterocycles. The highest BCUT2D eigenvalue weighted by Crippen LogP contribution is 2.62. The maximum Gasteiger partial charge on any atom is 0.409 e. The Morgan fingerprint density at radius 1 is 1.11 bits per heavy atom. The molecule has 0 bridgehead atoms. The molecule has 3 aliphatic rings. The van der Waals surface area contributed by atoms with Crippen LogP contribution in [0.15, 0.2) is 71.9 Å². The number of allylic oxidation sites excluding steroid dienone is 1. The van der Waals surface area contributed by atoms with Gasteiger partial charge in [-0.2, -0.15) is 0 Å². The summed E-state index contributed by atoms with van der Waals surface area (Å²) in [6.07, 6.45) is 8.80. The second-order valence-electron chi connectivity index (χ2n) is 15.5. The van der Waals surface area contributed by atoms with Gasteiger partial charge in [-0.05, 0) is 94.5 Å². The molecule has 6 atom stereocenters. The van der Waals surface area contributed by atoms with E-state index in [1.54, 1.807) is 29.2 Å². The zero-order valence-corrected chi connectivity index (χ0v) is 32.8. The number of aliphatic hydroxyl groups is 2. The van der Waals surface area contributed by atoms with E-state index in [4.69, 9.17) is 28.9 Å². The first-order chi connectivity index (χ1) is 26.4. The van der Waals surface area contributed by atoms with Crippen LogP contribution in [0.25, 0.3) is 0 Å². The number of rotatable bonds is 18. The minimum absolute atomic E-state index is 0.0164. The molecule has 0 spiro atoms. The van der Waals surface area contributed by atoms with Crippen molar-refractivity contribution in [1.29, 1.82) is 0 Å². The molecule has 5 rings (SSSR count). The lowest BCUT2D eigenvalue weighted by Gasteiger charge is -2.59. The number of unbranched alkanes of at least 4 members (excludes halogenated alkanes) is 2. The number of ether oxygens (including phenoxy) is 4. The third-order valence-electron chi connectivity index (χ3n) is 10.6. The van der Waals surface area contributed by atoms with Crippen LogP contribution in [-0.4, -0.2) is 82.7 Å². The summed E-state index contributed by atoms with van der Waals surface area (Å²) in [6, 6.07) is 10.9. The lowest BCUT2D eigenvalue weighted by Crippen LogP contribution is -2.70. The van der Waals surface area contributed by atoms with Gasteiger partial charge in [-0.15, -0.1) is 6.58 Å². The second-order valence-corrected chi connectivity index (χ2v) is 15.5. The molecular weight excluding hydrogens is 706 g/mol. The number of nitro groups is 1. The molecule has 6 unspecified atom stereocenters. The Balaban J connectivity index is 1.79. The molecule has 0 radical (unpaired) electrons. The number of amides is 1. The maximum absolute atomic E-state index is 13.7. The summed E-state index contributed by atoms with van der Waals surface area (Å²) in [7, 11) is 1.37. The summed E-state index contributed by atoms with van der Waals surface area (Å²) < 4.78 is 25.8. The average Bonchev–Trinajstić information content (AvgIpc) is 3.16. The van der Waals surface area contributed by atoms with E-state index in [-0.39, 0.29) is 49.7 Å². The summed E-state index contributed by atoms with van der Waals surface area (Å²) in [6.45, 7) is 12.4. The van der Waals surface area contributed by atoms with E-state index < -0.39 is 34.4 Å². The highest BCUT2D eigenvalue weighted by molar-refractivity contribution is 6.03. The quantitative estimate of drug-likeness (QED) is 0.0654. The van der Waals surface area contributed by atoms with Crippen molar-refractivity contribution in [1.82, 2.24) is 4.90 Å². The van der Waals surface area contributed by atoms with E-state index in [9.17, 15) is 25.1 Å². The third-order valence-corrected chi connectivity index (χ3v) is 10.6. The Bertz CT molecular complexity index is 1720. The Morgan fingerprint density at radius 2 is 1.84 bits per heavy atom. The minimum Gasteiger partial charge on any atom is -0.459 e. The monoisotopic (exact) mass is 763 g/mol. The van der Waals surface area contributed by atoms with Gasteiger partial charge in [0.2, 0.25) is 5.79 Å². The van der Waals surface area contributed by atoms with E-state index in [0.717, 1.165) is 36.8 Å². The molecular formula is C42H57N3O10. The Labute approximate surface area is 324 Å². The van der Waals surface area contributed by atoms with E-state index in [1.807, 2.05) is 39.8 Å². The van der Waals surface area contributed by atoms with Crippen molar-refractivity contribution in [2.45, 2.75) is 102 Å². The summed E-state index contributed by atoms with van der Waals surface area (Å²) in [5, 5.41) is 36.0. The first-order valence-electron chi connectivity index (χ1n) is 19.4. The molecule has 1 fully saturated rings. The van der Waals surface area contributed by atoms with Crippen molar-refractivity contribution >= 4 is 17.5 Å². The zero-order chi connectivity index (χ0) is 39.8. The molecule has 2 N–H and O–H groups in total. The fourth-order valence-electron chi connectivity index (χ4n) is 8.43. The molecule has 13 nitrogen and oxygen atoms in total. The molecule has 1 amide bonds. The van der Waals surface area contributed by atoms with Gasteiger partial charge in [-0.25, -0.2) is 4.79 Å². The number of benzene rings is 2. The molecule has 55 heavy (non-hydrogen) atoms. The Hall–Kier alpha value is -4.46. The fraction of sp³-hybridized carbons (Fsp3) is 0.571. The van der Waals surface area contributed by atoms with E-state index in [2.05, 4.69) is 12.7 Å².